The van der Waals surface area contributed by atoms with E-state index in [9.17, 15) is 13.2 Å². The van der Waals surface area contributed by atoms with Crippen molar-refractivity contribution in [2.45, 2.75) is 6.36 Å². The van der Waals surface area contributed by atoms with Crippen LogP contribution >= 0.6 is 11.6 Å². The third-order valence-corrected chi connectivity index (χ3v) is 1.81. The van der Waals surface area contributed by atoms with Crippen LogP contribution in [0.4, 0.5) is 13.2 Å². The summed E-state index contributed by atoms with van der Waals surface area (Å²) < 4.78 is 38.9. The lowest BCUT2D eigenvalue weighted by atomic mass is 9.80. The van der Waals surface area contributed by atoms with E-state index in [0.29, 0.717) is 0 Å². The fraction of sp³-hybridized carbons (Fsp3) is 0.143. The van der Waals surface area contributed by atoms with Crippen molar-refractivity contribution in [2.75, 3.05) is 0 Å². The van der Waals surface area contributed by atoms with Crippen molar-refractivity contribution in [1.82, 2.24) is 0 Å². The van der Waals surface area contributed by atoms with Crippen LogP contribution in [-0.4, -0.2) is 23.5 Å². The summed E-state index contributed by atoms with van der Waals surface area (Å²) in [5, 5.41) is 17.3. The smallest absolute Gasteiger partial charge is 0.423 e. The van der Waals surface area contributed by atoms with Crippen molar-refractivity contribution in [1.29, 1.82) is 0 Å². The van der Waals surface area contributed by atoms with Gasteiger partial charge in [-0.15, -0.1) is 13.2 Å². The third kappa shape index (κ3) is 3.62. The van der Waals surface area contributed by atoms with Crippen LogP contribution in [0, 0.1) is 0 Å². The molecule has 0 amide bonds. The van der Waals surface area contributed by atoms with Gasteiger partial charge in [0.2, 0.25) is 0 Å². The summed E-state index contributed by atoms with van der Waals surface area (Å²) in [5.41, 5.74) is -0.0915. The minimum atomic E-state index is -4.80. The molecule has 2 N–H and O–H groups in total. The fourth-order valence-corrected chi connectivity index (χ4v) is 1.18. The molecule has 0 saturated carbocycles. The first kappa shape index (κ1) is 12.2. The van der Waals surface area contributed by atoms with Crippen molar-refractivity contribution in [2.24, 2.45) is 0 Å². The molecule has 0 fully saturated rings. The van der Waals surface area contributed by atoms with E-state index in [2.05, 4.69) is 4.74 Å². The topological polar surface area (TPSA) is 49.7 Å². The summed E-state index contributed by atoms with van der Waals surface area (Å²) in [4.78, 5) is 0. The molecule has 0 heterocycles. The van der Waals surface area contributed by atoms with Gasteiger partial charge in [0.15, 0.2) is 0 Å². The van der Waals surface area contributed by atoms with Crippen molar-refractivity contribution in [3.8, 4) is 5.75 Å². The molecule has 0 aliphatic rings. The number of benzene rings is 1. The zero-order valence-corrected chi connectivity index (χ0v) is 7.88. The molecule has 0 aliphatic heterocycles. The molecule has 0 radical (unpaired) electrons. The Bertz CT molecular complexity index is 356. The molecule has 1 rings (SSSR count). The van der Waals surface area contributed by atoms with Crippen molar-refractivity contribution < 1.29 is 28.0 Å². The first-order valence-corrected chi connectivity index (χ1v) is 4.09. The summed E-state index contributed by atoms with van der Waals surface area (Å²) in [6.07, 6.45) is -4.80. The van der Waals surface area contributed by atoms with Crippen LogP contribution in [-0.2, 0) is 0 Å². The first-order chi connectivity index (χ1) is 6.79. The average Bonchev–Trinajstić information content (AvgIpc) is 1.99. The molecule has 1 aromatic rings. The predicted octanol–water partition coefficient (Wildman–Crippen LogP) is 0.918. The van der Waals surface area contributed by atoms with E-state index in [1.807, 2.05) is 0 Å². The molecule has 3 nitrogen and oxygen atoms in total. The first-order valence-electron chi connectivity index (χ1n) is 3.71. The summed E-state index contributed by atoms with van der Waals surface area (Å²) in [6.45, 7) is 0. The minimum Gasteiger partial charge on any atom is -0.423 e. The number of rotatable bonds is 2. The van der Waals surface area contributed by atoms with Gasteiger partial charge in [-0.1, -0.05) is 17.7 Å². The Morgan fingerprint density at radius 2 is 1.87 bits per heavy atom. The van der Waals surface area contributed by atoms with Gasteiger partial charge in [-0.2, -0.15) is 0 Å². The zero-order valence-electron chi connectivity index (χ0n) is 7.12. The summed E-state index contributed by atoms with van der Waals surface area (Å²) in [7, 11) is -1.84. The summed E-state index contributed by atoms with van der Waals surface area (Å²) in [5.74, 6) is -0.517. The quantitative estimate of drug-likeness (QED) is 0.756. The minimum absolute atomic E-state index is 0.0915. The molecule has 82 valence electrons. The highest BCUT2D eigenvalue weighted by atomic mass is 35.5. The summed E-state index contributed by atoms with van der Waals surface area (Å²) >= 11 is 5.49. The Morgan fingerprint density at radius 1 is 1.27 bits per heavy atom. The van der Waals surface area contributed by atoms with E-state index in [1.165, 1.54) is 0 Å². The second kappa shape index (κ2) is 4.30. The number of hydrogen-bond donors (Lipinski definition) is 2. The highest BCUT2D eigenvalue weighted by Crippen LogP contribution is 2.24. The monoisotopic (exact) mass is 240 g/mol. The van der Waals surface area contributed by atoms with Crippen molar-refractivity contribution in [3.05, 3.63) is 23.2 Å². The molecule has 0 aliphatic carbocycles. The normalized spacial score (nSPS) is 11.3. The zero-order chi connectivity index (χ0) is 11.6. The maximum Gasteiger partial charge on any atom is 0.573 e. The number of hydrogen-bond acceptors (Lipinski definition) is 3. The Balaban J connectivity index is 2.92. The Kier molecular flexibility index (Phi) is 3.48. The van der Waals surface area contributed by atoms with Crippen LogP contribution in [0.25, 0.3) is 0 Å². The van der Waals surface area contributed by atoms with Crippen LogP contribution in [0.15, 0.2) is 18.2 Å². The highest BCUT2D eigenvalue weighted by molar-refractivity contribution is 6.62. The molecule has 0 unspecified atom stereocenters. The van der Waals surface area contributed by atoms with E-state index < -0.39 is 19.2 Å². The van der Waals surface area contributed by atoms with Gasteiger partial charge in [0.05, 0.1) is 0 Å². The second-order valence-corrected chi connectivity index (χ2v) is 3.01. The van der Waals surface area contributed by atoms with Gasteiger partial charge in [0.1, 0.15) is 5.75 Å². The largest absolute Gasteiger partial charge is 0.573 e. The van der Waals surface area contributed by atoms with E-state index in [-0.39, 0.29) is 10.5 Å². The van der Waals surface area contributed by atoms with Gasteiger partial charge >= 0.3 is 13.5 Å². The van der Waals surface area contributed by atoms with Gasteiger partial charge in [0.25, 0.3) is 0 Å². The Morgan fingerprint density at radius 3 is 2.27 bits per heavy atom. The predicted molar refractivity (Wildman–Crippen MR) is 48.0 cm³/mol. The second-order valence-electron chi connectivity index (χ2n) is 2.60. The maximum absolute atomic E-state index is 11.8. The maximum atomic E-state index is 11.8. The standard InChI is InChI=1S/C7H5BClF3O3/c9-6-3-4(15-7(10,11)12)1-2-5(6)8(13)14/h1-3,13-14H. The molecule has 0 spiro atoms. The fourth-order valence-electron chi connectivity index (χ4n) is 0.914. The highest BCUT2D eigenvalue weighted by Gasteiger charge is 2.31. The van der Waals surface area contributed by atoms with Crippen molar-refractivity contribution in [3.63, 3.8) is 0 Å². The molecule has 1 aromatic carbocycles. The van der Waals surface area contributed by atoms with Crippen LogP contribution in [0.3, 0.4) is 0 Å². The average molecular weight is 240 g/mol. The van der Waals surface area contributed by atoms with E-state index >= 15 is 0 Å². The van der Waals surface area contributed by atoms with Crippen LogP contribution in [0.1, 0.15) is 0 Å². The molecule has 8 heteroatoms. The lowest BCUT2D eigenvalue weighted by Crippen LogP contribution is -2.30. The van der Waals surface area contributed by atoms with Gasteiger partial charge < -0.3 is 14.8 Å². The SMILES string of the molecule is OB(O)c1ccc(OC(F)(F)F)cc1Cl. The van der Waals surface area contributed by atoms with E-state index in [0.717, 1.165) is 18.2 Å². The molecule has 15 heavy (non-hydrogen) atoms. The van der Waals surface area contributed by atoms with Crippen LogP contribution in [0.2, 0.25) is 5.02 Å². The molecule has 0 bridgehead atoms. The lowest BCUT2D eigenvalue weighted by Gasteiger charge is -2.10. The van der Waals surface area contributed by atoms with E-state index in [4.69, 9.17) is 21.6 Å². The van der Waals surface area contributed by atoms with Gasteiger partial charge in [-0.05, 0) is 12.1 Å². The molecule has 0 atom stereocenters. The Labute approximate surface area is 88.2 Å². The summed E-state index contributed by atoms with van der Waals surface area (Å²) in [6, 6.07) is 2.83. The molecular weight excluding hydrogens is 235 g/mol. The van der Waals surface area contributed by atoms with Gasteiger partial charge in [-0.25, -0.2) is 0 Å². The van der Waals surface area contributed by atoms with Crippen molar-refractivity contribution >= 4 is 24.2 Å². The Hall–Kier alpha value is -0.915. The third-order valence-electron chi connectivity index (χ3n) is 1.48. The number of halogens is 4. The lowest BCUT2D eigenvalue weighted by molar-refractivity contribution is -0.274. The molecular formula is C7H5BClF3O3. The van der Waals surface area contributed by atoms with Crippen LogP contribution < -0.4 is 10.2 Å². The van der Waals surface area contributed by atoms with Gasteiger partial charge in [-0.3, -0.25) is 0 Å². The van der Waals surface area contributed by atoms with E-state index in [1.54, 1.807) is 0 Å². The molecule has 0 saturated heterocycles. The van der Waals surface area contributed by atoms with Gasteiger partial charge in [0, 0.05) is 10.5 Å². The molecule has 0 aromatic heterocycles. The number of ether oxygens (including phenoxy) is 1. The number of alkyl halides is 3. The van der Waals surface area contributed by atoms with Crippen LogP contribution in [0.5, 0.6) is 5.75 Å².